The van der Waals surface area contributed by atoms with E-state index in [2.05, 4.69) is 0 Å². The van der Waals surface area contributed by atoms with Crippen molar-refractivity contribution < 1.29 is 23.8 Å². The van der Waals surface area contributed by atoms with Gasteiger partial charge in [-0.05, 0) is 39.0 Å². The zero-order valence-corrected chi connectivity index (χ0v) is 15.4. The second kappa shape index (κ2) is 7.03. The van der Waals surface area contributed by atoms with Crippen molar-refractivity contribution in [3.63, 3.8) is 0 Å². The first-order chi connectivity index (χ1) is 12.3. The second-order valence-corrected chi connectivity index (χ2v) is 7.39. The first-order valence-corrected chi connectivity index (χ1v) is 8.68. The molecular weight excluding hydrogens is 338 g/mol. The van der Waals surface area contributed by atoms with E-state index in [0.29, 0.717) is 37.7 Å². The van der Waals surface area contributed by atoms with Crippen LogP contribution in [0.1, 0.15) is 26.3 Å². The van der Waals surface area contributed by atoms with Crippen LogP contribution in [0.3, 0.4) is 0 Å². The summed E-state index contributed by atoms with van der Waals surface area (Å²) in [7, 11) is 0. The zero-order chi connectivity index (χ0) is 18.9. The van der Waals surface area contributed by atoms with Gasteiger partial charge in [0.15, 0.2) is 0 Å². The quantitative estimate of drug-likeness (QED) is 0.865. The van der Waals surface area contributed by atoms with E-state index in [-0.39, 0.29) is 18.7 Å². The van der Waals surface area contributed by atoms with Gasteiger partial charge in [0.1, 0.15) is 24.1 Å². The third-order valence-electron chi connectivity index (χ3n) is 4.12. The summed E-state index contributed by atoms with van der Waals surface area (Å²) in [6, 6.07) is 5.46. The molecule has 0 bridgehead atoms. The standard InChI is InChI=1S/C18H25N3O5/c1-18(2,3)26-16(22)20-6-7-24-15-5-4-13(8-12(15)10-20)21-11-14(9-19)25-17(21)23/h4-5,8,14H,6-7,9-11,19H2,1-3H3. The van der Waals surface area contributed by atoms with Gasteiger partial charge in [-0.3, -0.25) is 4.90 Å². The number of anilines is 1. The molecule has 0 saturated carbocycles. The third kappa shape index (κ3) is 4.01. The summed E-state index contributed by atoms with van der Waals surface area (Å²) < 4.78 is 16.4. The number of ether oxygens (including phenoxy) is 3. The Kier molecular flexibility index (Phi) is 4.95. The predicted octanol–water partition coefficient (Wildman–Crippen LogP) is 2.10. The van der Waals surface area contributed by atoms with Crippen LogP contribution in [0, 0.1) is 0 Å². The fraction of sp³-hybridized carbons (Fsp3) is 0.556. The zero-order valence-electron chi connectivity index (χ0n) is 15.4. The number of nitrogens with zero attached hydrogens (tertiary/aromatic N) is 2. The Morgan fingerprint density at radius 2 is 2.15 bits per heavy atom. The number of carbonyl (C=O) groups excluding carboxylic acids is 2. The molecule has 142 valence electrons. The van der Waals surface area contributed by atoms with Crippen LogP contribution in [-0.4, -0.2) is 55.0 Å². The molecule has 2 aliphatic rings. The van der Waals surface area contributed by atoms with Gasteiger partial charge < -0.3 is 24.8 Å². The van der Waals surface area contributed by atoms with Crippen molar-refractivity contribution in [2.24, 2.45) is 5.73 Å². The molecule has 1 aromatic carbocycles. The van der Waals surface area contributed by atoms with Crippen LogP contribution in [0.4, 0.5) is 15.3 Å². The number of amides is 2. The van der Waals surface area contributed by atoms with Gasteiger partial charge in [0.05, 0.1) is 19.6 Å². The molecule has 1 saturated heterocycles. The number of hydrogen-bond donors (Lipinski definition) is 1. The van der Waals surface area contributed by atoms with E-state index in [4.69, 9.17) is 19.9 Å². The lowest BCUT2D eigenvalue weighted by atomic mass is 10.1. The Hall–Kier alpha value is -2.48. The summed E-state index contributed by atoms with van der Waals surface area (Å²) in [6.07, 6.45) is -1.11. The summed E-state index contributed by atoms with van der Waals surface area (Å²) in [6.45, 7) is 7.34. The van der Waals surface area contributed by atoms with Gasteiger partial charge in [0.2, 0.25) is 0 Å². The van der Waals surface area contributed by atoms with E-state index in [1.807, 2.05) is 39.0 Å². The van der Waals surface area contributed by atoms with Crippen molar-refractivity contribution in [3.05, 3.63) is 23.8 Å². The Labute approximate surface area is 152 Å². The van der Waals surface area contributed by atoms with E-state index in [1.54, 1.807) is 9.80 Å². The lowest BCUT2D eigenvalue weighted by Gasteiger charge is -2.26. The van der Waals surface area contributed by atoms with Gasteiger partial charge in [-0.25, -0.2) is 9.59 Å². The molecule has 1 unspecified atom stereocenters. The molecule has 26 heavy (non-hydrogen) atoms. The molecule has 1 aromatic rings. The fourth-order valence-electron chi connectivity index (χ4n) is 2.89. The number of hydrogen-bond acceptors (Lipinski definition) is 6. The fourth-order valence-corrected chi connectivity index (χ4v) is 2.89. The topological polar surface area (TPSA) is 94.3 Å². The van der Waals surface area contributed by atoms with Crippen LogP contribution in [0.15, 0.2) is 18.2 Å². The molecule has 3 rings (SSSR count). The maximum atomic E-state index is 12.4. The molecule has 0 aliphatic carbocycles. The Bertz CT molecular complexity index is 701. The lowest BCUT2D eigenvalue weighted by Crippen LogP contribution is -2.37. The number of cyclic esters (lactones) is 1. The van der Waals surface area contributed by atoms with Gasteiger partial charge >= 0.3 is 12.2 Å². The molecule has 2 aliphatic heterocycles. The van der Waals surface area contributed by atoms with E-state index in [9.17, 15) is 9.59 Å². The molecule has 2 N–H and O–H groups in total. The number of fused-ring (bicyclic) bond motifs is 1. The van der Waals surface area contributed by atoms with Gasteiger partial charge in [0, 0.05) is 17.8 Å². The molecule has 1 atom stereocenters. The minimum absolute atomic E-state index is 0.280. The minimum Gasteiger partial charge on any atom is -0.491 e. The predicted molar refractivity (Wildman–Crippen MR) is 95.3 cm³/mol. The smallest absolute Gasteiger partial charge is 0.414 e. The first-order valence-electron chi connectivity index (χ1n) is 8.68. The Morgan fingerprint density at radius 1 is 1.38 bits per heavy atom. The van der Waals surface area contributed by atoms with Gasteiger partial charge in [-0.15, -0.1) is 0 Å². The van der Waals surface area contributed by atoms with E-state index < -0.39 is 11.7 Å². The van der Waals surface area contributed by atoms with Gasteiger partial charge in [0.25, 0.3) is 0 Å². The van der Waals surface area contributed by atoms with Crippen molar-refractivity contribution in [1.29, 1.82) is 0 Å². The SMILES string of the molecule is CC(C)(C)OC(=O)N1CCOc2ccc(N3CC(CN)OC3=O)cc2C1. The summed E-state index contributed by atoms with van der Waals surface area (Å²) in [4.78, 5) is 27.6. The van der Waals surface area contributed by atoms with Crippen molar-refractivity contribution >= 4 is 17.9 Å². The summed E-state index contributed by atoms with van der Waals surface area (Å²) in [5, 5.41) is 0. The summed E-state index contributed by atoms with van der Waals surface area (Å²) in [5.41, 5.74) is 6.53. The average molecular weight is 363 g/mol. The average Bonchev–Trinajstić information content (AvgIpc) is 2.81. The molecule has 2 amide bonds. The van der Waals surface area contributed by atoms with Gasteiger partial charge in [-0.2, -0.15) is 0 Å². The van der Waals surface area contributed by atoms with Crippen molar-refractivity contribution in [2.45, 2.75) is 39.0 Å². The summed E-state index contributed by atoms with van der Waals surface area (Å²) >= 11 is 0. The molecular formula is C18H25N3O5. The molecule has 1 fully saturated rings. The maximum absolute atomic E-state index is 12.4. The van der Waals surface area contributed by atoms with E-state index >= 15 is 0 Å². The van der Waals surface area contributed by atoms with E-state index in [0.717, 1.165) is 5.56 Å². The number of rotatable bonds is 2. The van der Waals surface area contributed by atoms with Crippen LogP contribution in [-0.2, 0) is 16.0 Å². The van der Waals surface area contributed by atoms with Crippen molar-refractivity contribution in [1.82, 2.24) is 4.90 Å². The highest BCUT2D eigenvalue weighted by Crippen LogP contribution is 2.30. The Balaban J connectivity index is 1.80. The maximum Gasteiger partial charge on any atom is 0.414 e. The van der Waals surface area contributed by atoms with Crippen molar-refractivity contribution in [3.8, 4) is 5.75 Å². The second-order valence-electron chi connectivity index (χ2n) is 7.39. The number of nitrogens with two attached hydrogens (primary N) is 1. The van der Waals surface area contributed by atoms with Crippen LogP contribution < -0.4 is 15.4 Å². The normalized spacial score (nSPS) is 20.2. The molecule has 0 radical (unpaired) electrons. The highest BCUT2D eigenvalue weighted by Gasteiger charge is 2.32. The van der Waals surface area contributed by atoms with Crippen LogP contribution >= 0.6 is 0 Å². The first kappa shape index (κ1) is 18.3. The van der Waals surface area contributed by atoms with Crippen molar-refractivity contribution in [2.75, 3.05) is 31.1 Å². The monoisotopic (exact) mass is 363 g/mol. The number of carbonyl (C=O) groups is 2. The lowest BCUT2D eigenvalue weighted by molar-refractivity contribution is 0.0225. The highest BCUT2D eigenvalue weighted by atomic mass is 16.6. The molecule has 8 heteroatoms. The Morgan fingerprint density at radius 3 is 2.81 bits per heavy atom. The minimum atomic E-state index is -0.564. The summed E-state index contributed by atoms with van der Waals surface area (Å²) in [5.74, 6) is 0.697. The van der Waals surface area contributed by atoms with Crippen LogP contribution in [0.5, 0.6) is 5.75 Å². The number of benzene rings is 1. The molecule has 2 heterocycles. The highest BCUT2D eigenvalue weighted by molar-refractivity contribution is 5.90. The van der Waals surface area contributed by atoms with Crippen LogP contribution in [0.25, 0.3) is 0 Å². The third-order valence-corrected chi connectivity index (χ3v) is 4.12. The molecule has 0 aromatic heterocycles. The molecule has 8 nitrogen and oxygen atoms in total. The van der Waals surface area contributed by atoms with Gasteiger partial charge in [-0.1, -0.05) is 0 Å². The largest absolute Gasteiger partial charge is 0.491 e. The van der Waals surface area contributed by atoms with Crippen LogP contribution in [0.2, 0.25) is 0 Å². The molecule has 0 spiro atoms. The van der Waals surface area contributed by atoms with E-state index in [1.165, 1.54) is 0 Å².